The lowest BCUT2D eigenvalue weighted by atomic mass is 10.2. The topological polar surface area (TPSA) is 55.6 Å². The first-order valence-electron chi connectivity index (χ1n) is 4.13. The Morgan fingerprint density at radius 1 is 1.57 bits per heavy atom. The average Bonchev–Trinajstić information content (AvgIpc) is 2.15. The molecule has 0 radical (unpaired) electrons. The molecule has 0 spiro atoms. The Morgan fingerprint density at radius 2 is 2.21 bits per heavy atom. The molecule has 0 aromatic heterocycles. The molecule has 7 heteroatoms. The molecule has 0 aromatic carbocycles. The number of ether oxygens (including phenoxy) is 1. The van der Waals surface area contributed by atoms with Gasteiger partial charge in [0.05, 0.1) is 12.7 Å². The molecular weight excluding hydrogens is 201 g/mol. The van der Waals surface area contributed by atoms with E-state index in [4.69, 9.17) is 10.5 Å². The van der Waals surface area contributed by atoms with Gasteiger partial charge < -0.3 is 15.4 Å². The van der Waals surface area contributed by atoms with Crippen LogP contribution in [0.1, 0.15) is 0 Å². The van der Waals surface area contributed by atoms with Crippen LogP contribution < -0.4 is 5.73 Å². The molecule has 1 unspecified atom stereocenters. The number of morpholine rings is 1. The van der Waals surface area contributed by atoms with Gasteiger partial charge in [-0.15, -0.1) is 0 Å². The summed E-state index contributed by atoms with van der Waals surface area (Å²) in [6.07, 6.45) is -5.30. The van der Waals surface area contributed by atoms with Crippen molar-refractivity contribution in [3.63, 3.8) is 0 Å². The summed E-state index contributed by atoms with van der Waals surface area (Å²) in [4.78, 5) is 11.5. The maximum absolute atomic E-state index is 12.0. The molecule has 2 N–H and O–H groups in total. The van der Waals surface area contributed by atoms with E-state index in [0.29, 0.717) is 0 Å². The molecule has 0 bridgehead atoms. The smallest absolute Gasteiger partial charge is 0.373 e. The molecule has 1 saturated heterocycles. The first-order chi connectivity index (χ1) is 6.45. The van der Waals surface area contributed by atoms with E-state index in [-0.39, 0.29) is 26.2 Å². The van der Waals surface area contributed by atoms with Gasteiger partial charge in [-0.1, -0.05) is 0 Å². The zero-order valence-corrected chi connectivity index (χ0v) is 7.38. The third-order valence-electron chi connectivity index (χ3n) is 1.93. The van der Waals surface area contributed by atoms with Crippen LogP contribution in [0.3, 0.4) is 0 Å². The van der Waals surface area contributed by atoms with Crippen LogP contribution in [0.2, 0.25) is 0 Å². The highest BCUT2D eigenvalue weighted by molar-refractivity contribution is 5.81. The molecule has 1 atom stereocenters. The molecule has 1 aliphatic rings. The van der Waals surface area contributed by atoms with E-state index >= 15 is 0 Å². The van der Waals surface area contributed by atoms with Crippen LogP contribution in [0.15, 0.2) is 0 Å². The Balaban J connectivity index is 2.56. The maximum Gasteiger partial charge on any atom is 0.471 e. The summed E-state index contributed by atoms with van der Waals surface area (Å²) in [6, 6.07) is 0. The third-order valence-corrected chi connectivity index (χ3v) is 1.93. The number of nitrogens with zero attached hydrogens (tertiary/aromatic N) is 1. The van der Waals surface area contributed by atoms with Crippen molar-refractivity contribution in [3.8, 4) is 0 Å². The zero-order chi connectivity index (χ0) is 10.8. The Morgan fingerprint density at radius 3 is 2.71 bits per heavy atom. The molecule has 14 heavy (non-hydrogen) atoms. The van der Waals surface area contributed by atoms with Crippen molar-refractivity contribution in [2.45, 2.75) is 12.3 Å². The van der Waals surface area contributed by atoms with E-state index < -0.39 is 18.2 Å². The van der Waals surface area contributed by atoms with E-state index in [1.54, 1.807) is 0 Å². The Bertz CT molecular complexity index is 219. The summed E-state index contributed by atoms with van der Waals surface area (Å²) in [7, 11) is 0. The van der Waals surface area contributed by atoms with E-state index in [9.17, 15) is 18.0 Å². The predicted octanol–water partition coefficient (Wildman–Crippen LogP) is -0.265. The Hall–Kier alpha value is -0.820. The summed E-state index contributed by atoms with van der Waals surface area (Å²) in [5.74, 6) is -1.82. The molecule has 1 heterocycles. The fourth-order valence-corrected chi connectivity index (χ4v) is 1.23. The van der Waals surface area contributed by atoms with Crippen LogP contribution in [0.4, 0.5) is 13.2 Å². The van der Waals surface area contributed by atoms with Crippen molar-refractivity contribution in [1.29, 1.82) is 0 Å². The van der Waals surface area contributed by atoms with Crippen molar-refractivity contribution in [2.75, 3.05) is 26.2 Å². The molecule has 1 rings (SSSR count). The second-order valence-corrected chi connectivity index (χ2v) is 2.98. The van der Waals surface area contributed by atoms with Crippen molar-refractivity contribution in [3.05, 3.63) is 0 Å². The van der Waals surface area contributed by atoms with Crippen LogP contribution >= 0.6 is 0 Å². The van der Waals surface area contributed by atoms with Gasteiger partial charge in [-0.3, -0.25) is 4.79 Å². The summed E-state index contributed by atoms with van der Waals surface area (Å²) in [5.41, 5.74) is 5.23. The number of carbonyl (C=O) groups is 1. The highest BCUT2D eigenvalue weighted by atomic mass is 19.4. The first kappa shape index (κ1) is 11.3. The van der Waals surface area contributed by atoms with Gasteiger partial charge >= 0.3 is 12.1 Å². The van der Waals surface area contributed by atoms with Crippen molar-refractivity contribution in [2.24, 2.45) is 5.73 Å². The van der Waals surface area contributed by atoms with Crippen LogP contribution in [-0.4, -0.2) is 49.3 Å². The summed E-state index contributed by atoms with van der Waals surface area (Å²) in [6.45, 7) is 0.0923. The number of carbonyl (C=O) groups excluding carboxylic acids is 1. The second-order valence-electron chi connectivity index (χ2n) is 2.98. The van der Waals surface area contributed by atoms with Crippen molar-refractivity contribution < 1.29 is 22.7 Å². The van der Waals surface area contributed by atoms with Crippen molar-refractivity contribution in [1.82, 2.24) is 4.90 Å². The lowest BCUT2D eigenvalue weighted by Crippen LogP contribution is -2.52. The van der Waals surface area contributed by atoms with Crippen LogP contribution in [0.5, 0.6) is 0 Å². The molecule has 1 amide bonds. The summed E-state index contributed by atoms with van der Waals surface area (Å²) < 4.78 is 41.0. The first-order valence-corrected chi connectivity index (χ1v) is 4.13. The molecule has 82 valence electrons. The van der Waals surface area contributed by atoms with Crippen LogP contribution in [-0.2, 0) is 9.53 Å². The molecule has 0 aliphatic carbocycles. The molecule has 1 fully saturated rings. The monoisotopic (exact) mass is 212 g/mol. The maximum atomic E-state index is 12.0. The second kappa shape index (κ2) is 4.14. The van der Waals surface area contributed by atoms with Crippen LogP contribution in [0.25, 0.3) is 0 Å². The van der Waals surface area contributed by atoms with E-state index in [1.165, 1.54) is 0 Å². The molecule has 0 saturated carbocycles. The molecule has 4 nitrogen and oxygen atoms in total. The highest BCUT2D eigenvalue weighted by Gasteiger charge is 2.43. The van der Waals surface area contributed by atoms with Gasteiger partial charge in [0.2, 0.25) is 0 Å². The number of halogens is 3. The van der Waals surface area contributed by atoms with Gasteiger partial charge in [0, 0.05) is 19.6 Å². The number of hydrogen-bond donors (Lipinski definition) is 1. The van der Waals surface area contributed by atoms with Gasteiger partial charge in [-0.2, -0.15) is 13.2 Å². The predicted molar refractivity (Wildman–Crippen MR) is 41.4 cm³/mol. The molecular formula is C7H11F3N2O2. The fourth-order valence-electron chi connectivity index (χ4n) is 1.23. The van der Waals surface area contributed by atoms with Gasteiger partial charge in [0.25, 0.3) is 0 Å². The largest absolute Gasteiger partial charge is 0.471 e. The Labute approximate surface area is 78.8 Å². The SMILES string of the molecule is NCC1CN(C(=O)C(F)(F)F)CCO1. The minimum Gasteiger partial charge on any atom is -0.373 e. The molecule has 1 aliphatic heterocycles. The quantitative estimate of drug-likeness (QED) is 0.651. The fraction of sp³-hybridized carbons (Fsp3) is 0.857. The van der Waals surface area contributed by atoms with E-state index in [2.05, 4.69) is 0 Å². The normalized spacial score (nSPS) is 23.7. The zero-order valence-electron chi connectivity index (χ0n) is 7.38. The minimum atomic E-state index is -4.81. The number of nitrogens with two attached hydrogens (primary N) is 1. The Kier molecular flexibility index (Phi) is 3.33. The highest BCUT2D eigenvalue weighted by Crippen LogP contribution is 2.19. The van der Waals surface area contributed by atoms with E-state index in [0.717, 1.165) is 4.90 Å². The summed E-state index contributed by atoms with van der Waals surface area (Å²) >= 11 is 0. The van der Waals surface area contributed by atoms with Gasteiger partial charge in [0.1, 0.15) is 0 Å². The van der Waals surface area contributed by atoms with Gasteiger partial charge in [0.15, 0.2) is 0 Å². The number of hydrogen-bond acceptors (Lipinski definition) is 3. The van der Waals surface area contributed by atoms with Crippen molar-refractivity contribution >= 4 is 5.91 Å². The number of amides is 1. The third kappa shape index (κ3) is 2.58. The lowest BCUT2D eigenvalue weighted by Gasteiger charge is -2.32. The van der Waals surface area contributed by atoms with E-state index in [1.807, 2.05) is 0 Å². The molecule has 0 aromatic rings. The minimum absolute atomic E-state index is 0.0329. The average molecular weight is 212 g/mol. The van der Waals surface area contributed by atoms with Gasteiger partial charge in [-0.05, 0) is 0 Å². The number of alkyl halides is 3. The number of rotatable bonds is 1. The summed E-state index contributed by atoms with van der Waals surface area (Å²) in [5, 5.41) is 0. The standard InChI is InChI=1S/C7H11F3N2O2/c8-7(9,10)6(13)12-1-2-14-5(3-11)4-12/h5H,1-4,11H2. The van der Waals surface area contributed by atoms with Gasteiger partial charge in [-0.25, -0.2) is 0 Å². The lowest BCUT2D eigenvalue weighted by molar-refractivity contribution is -0.190. The van der Waals surface area contributed by atoms with Crippen LogP contribution in [0, 0.1) is 0 Å².